The molecule has 4 nitrogen and oxygen atoms in total. The van der Waals surface area contributed by atoms with Crippen LogP contribution in [0.25, 0.3) is 0 Å². The van der Waals surface area contributed by atoms with Crippen LogP contribution in [-0.4, -0.2) is 25.8 Å². The van der Waals surface area contributed by atoms with Crippen molar-refractivity contribution in [2.75, 3.05) is 24.3 Å². The SMILES string of the molecule is CN(C)c1ccc(Cl)cc1NC(=O)CCC(=O)c1ccc(Br)cc1. The van der Waals surface area contributed by atoms with Crippen molar-refractivity contribution < 1.29 is 9.59 Å². The van der Waals surface area contributed by atoms with Gasteiger partial charge in [-0.1, -0.05) is 39.7 Å². The number of amides is 1. The van der Waals surface area contributed by atoms with Crippen LogP contribution in [0.3, 0.4) is 0 Å². The Kier molecular flexibility index (Phi) is 6.40. The number of hydrogen-bond acceptors (Lipinski definition) is 3. The van der Waals surface area contributed by atoms with Gasteiger partial charge in [0.1, 0.15) is 0 Å². The van der Waals surface area contributed by atoms with Gasteiger partial charge in [-0.2, -0.15) is 0 Å². The fourth-order valence-electron chi connectivity index (χ4n) is 2.22. The number of Topliss-reactive ketones (excluding diaryl/α,β-unsaturated/α-hetero) is 1. The van der Waals surface area contributed by atoms with Gasteiger partial charge in [-0.3, -0.25) is 9.59 Å². The summed E-state index contributed by atoms with van der Waals surface area (Å²) in [5, 5.41) is 3.37. The van der Waals surface area contributed by atoms with Gasteiger partial charge in [0.05, 0.1) is 11.4 Å². The average molecular weight is 410 g/mol. The maximum atomic E-state index is 12.2. The zero-order valence-electron chi connectivity index (χ0n) is 13.5. The Morgan fingerprint density at radius 3 is 2.38 bits per heavy atom. The molecule has 126 valence electrons. The summed E-state index contributed by atoms with van der Waals surface area (Å²) in [6, 6.07) is 12.4. The number of anilines is 2. The Balaban J connectivity index is 1.97. The quantitative estimate of drug-likeness (QED) is 0.699. The van der Waals surface area contributed by atoms with Crippen molar-refractivity contribution in [2.24, 2.45) is 0 Å². The summed E-state index contributed by atoms with van der Waals surface area (Å²) in [5.41, 5.74) is 2.09. The normalized spacial score (nSPS) is 10.3. The van der Waals surface area contributed by atoms with Crippen molar-refractivity contribution >= 4 is 50.6 Å². The Labute approximate surface area is 154 Å². The first kappa shape index (κ1) is 18.5. The van der Waals surface area contributed by atoms with E-state index in [1.807, 2.05) is 37.2 Å². The van der Waals surface area contributed by atoms with Gasteiger partial charge < -0.3 is 10.2 Å². The van der Waals surface area contributed by atoms with Crippen LogP contribution in [0.1, 0.15) is 23.2 Å². The summed E-state index contributed by atoms with van der Waals surface area (Å²) in [6.07, 6.45) is 0.277. The van der Waals surface area contributed by atoms with E-state index in [2.05, 4.69) is 21.2 Å². The zero-order chi connectivity index (χ0) is 17.7. The van der Waals surface area contributed by atoms with E-state index in [9.17, 15) is 9.59 Å². The largest absolute Gasteiger partial charge is 0.376 e. The van der Waals surface area contributed by atoms with Crippen LogP contribution < -0.4 is 10.2 Å². The lowest BCUT2D eigenvalue weighted by Crippen LogP contribution is -2.17. The number of halogens is 2. The van der Waals surface area contributed by atoms with Crippen molar-refractivity contribution in [2.45, 2.75) is 12.8 Å². The molecular weight excluding hydrogens is 392 g/mol. The molecule has 0 spiro atoms. The van der Waals surface area contributed by atoms with Crippen LogP contribution in [0.5, 0.6) is 0 Å². The molecule has 0 heterocycles. The van der Waals surface area contributed by atoms with Crippen LogP contribution in [0, 0.1) is 0 Å². The van der Waals surface area contributed by atoms with E-state index >= 15 is 0 Å². The average Bonchev–Trinajstić information content (AvgIpc) is 2.53. The molecule has 0 aromatic heterocycles. The van der Waals surface area contributed by atoms with Crippen LogP contribution in [0.15, 0.2) is 46.9 Å². The Morgan fingerprint density at radius 1 is 1.08 bits per heavy atom. The summed E-state index contributed by atoms with van der Waals surface area (Å²) in [4.78, 5) is 26.2. The van der Waals surface area contributed by atoms with Crippen LogP contribution >= 0.6 is 27.5 Å². The molecule has 0 radical (unpaired) electrons. The molecule has 2 rings (SSSR count). The van der Waals surface area contributed by atoms with Gasteiger partial charge in [0, 0.05) is 42.0 Å². The van der Waals surface area contributed by atoms with Gasteiger partial charge in [0.2, 0.25) is 5.91 Å². The molecule has 1 amide bonds. The molecule has 0 aliphatic carbocycles. The number of nitrogens with zero attached hydrogens (tertiary/aromatic N) is 1. The smallest absolute Gasteiger partial charge is 0.224 e. The number of carbonyl (C=O) groups is 2. The molecule has 0 saturated heterocycles. The number of ketones is 1. The van der Waals surface area contributed by atoms with E-state index < -0.39 is 0 Å². The molecule has 2 aromatic carbocycles. The fourth-order valence-corrected chi connectivity index (χ4v) is 2.65. The molecule has 0 fully saturated rings. The lowest BCUT2D eigenvalue weighted by molar-refractivity contribution is -0.116. The third-order valence-electron chi connectivity index (χ3n) is 3.46. The lowest BCUT2D eigenvalue weighted by atomic mass is 10.1. The van der Waals surface area contributed by atoms with Crippen LogP contribution in [-0.2, 0) is 4.79 Å². The summed E-state index contributed by atoms with van der Waals surface area (Å²) in [6.45, 7) is 0. The van der Waals surface area contributed by atoms with E-state index in [1.165, 1.54) is 0 Å². The monoisotopic (exact) mass is 408 g/mol. The van der Waals surface area contributed by atoms with Crippen LogP contribution in [0.4, 0.5) is 11.4 Å². The minimum absolute atomic E-state index is 0.0587. The second kappa shape index (κ2) is 8.31. The molecule has 2 aromatic rings. The molecule has 0 aliphatic heterocycles. The van der Waals surface area contributed by atoms with Crippen molar-refractivity contribution in [3.05, 3.63) is 57.5 Å². The minimum Gasteiger partial charge on any atom is -0.376 e. The highest BCUT2D eigenvalue weighted by Crippen LogP contribution is 2.28. The predicted octanol–water partition coefficient (Wildman–Crippen LogP) is 4.77. The molecule has 24 heavy (non-hydrogen) atoms. The highest BCUT2D eigenvalue weighted by Gasteiger charge is 2.12. The van der Waals surface area contributed by atoms with Gasteiger partial charge in [0.15, 0.2) is 5.78 Å². The molecule has 0 unspecified atom stereocenters. The molecule has 0 aliphatic rings. The Morgan fingerprint density at radius 2 is 1.75 bits per heavy atom. The summed E-state index contributed by atoms with van der Waals surface area (Å²) >= 11 is 9.33. The highest BCUT2D eigenvalue weighted by molar-refractivity contribution is 9.10. The second-order valence-corrected chi connectivity index (χ2v) is 6.89. The van der Waals surface area contributed by atoms with Crippen molar-refractivity contribution in [3.63, 3.8) is 0 Å². The Bertz CT molecular complexity index is 745. The van der Waals surface area contributed by atoms with Gasteiger partial charge >= 0.3 is 0 Å². The van der Waals surface area contributed by atoms with E-state index in [-0.39, 0.29) is 24.5 Å². The van der Waals surface area contributed by atoms with Crippen molar-refractivity contribution in [3.8, 4) is 0 Å². The van der Waals surface area contributed by atoms with Crippen molar-refractivity contribution in [1.29, 1.82) is 0 Å². The van der Waals surface area contributed by atoms with E-state index in [4.69, 9.17) is 11.6 Å². The number of benzene rings is 2. The van der Waals surface area contributed by atoms with E-state index in [0.717, 1.165) is 10.2 Å². The molecule has 1 N–H and O–H groups in total. The first-order chi connectivity index (χ1) is 11.4. The summed E-state index contributed by atoms with van der Waals surface area (Å²) in [5.74, 6) is -0.276. The molecular formula is C18H18BrClN2O2. The first-order valence-corrected chi connectivity index (χ1v) is 8.59. The van der Waals surface area contributed by atoms with E-state index in [0.29, 0.717) is 16.3 Å². The van der Waals surface area contributed by atoms with Gasteiger partial charge in [0.25, 0.3) is 0 Å². The predicted molar refractivity (Wildman–Crippen MR) is 102 cm³/mol. The standard InChI is InChI=1S/C18H18BrClN2O2/c1-22(2)16-8-7-14(20)11-15(16)21-18(24)10-9-17(23)12-3-5-13(19)6-4-12/h3-8,11H,9-10H2,1-2H3,(H,21,24). The number of hydrogen-bond donors (Lipinski definition) is 1. The summed E-state index contributed by atoms with van der Waals surface area (Å²) in [7, 11) is 3.77. The Hall–Kier alpha value is -1.85. The molecule has 0 saturated carbocycles. The van der Waals surface area contributed by atoms with Crippen molar-refractivity contribution in [1.82, 2.24) is 0 Å². The lowest BCUT2D eigenvalue weighted by Gasteiger charge is -2.18. The van der Waals surface area contributed by atoms with Gasteiger partial charge in [-0.15, -0.1) is 0 Å². The fraction of sp³-hybridized carbons (Fsp3) is 0.222. The van der Waals surface area contributed by atoms with Crippen LogP contribution in [0.2, 0.25) is 5.02 Å². The number of carbonyl (C=O) groups excluding carboxylic acids is 2. The topological polar surface area (TPSA) is 49.4 Å². The molecule has 6 heteroatoms. The number of nitrogens with one attached hydrogen (secondary N) is 1. The van der Waals surface area contributed by atoms with Gasteiger partial charge in [-0.25, -0.2) is 0 Å². The maximum Gasteiger partial charge on any atom is 0.224 e. The van der Waals surface area contributed by atoms with E-state index in [1.54, 1.807) is 24.3 Å². The minimum atomic E-state index is -0.217. The maximum absolute atomic E-state index is 12.2. The third kappa shape index (κ3) is 5.08. The molecule has 0 atom stereocenters. The second-order valence-electron chi connectivity index (χ2n) is 5.53. The zero-order valence-corrected chi connectivity index (χ0v) is 15.8. The molecule has 0 bridgehead atoms. The number of rotatable bonds is 6. The highest BCUT2D eigenvalue weighted by atomic mass is 79.9. The summed E-state index contributed by atoms with van der Waals surface area (Å²) < 4.78 is 0.911. The third-order valence-corrected chi connectivity index (χ3v) is 4.22. The van der Waals surface area contributed by atoms with Gasteiger partial charge in [-0.05, 0) is 30.3 Å². The first-order valence-electron chi connectivity index (χ1n) is 7.42.